The summed E-state index contributed by atoms with van der Waals surface area (Å²) in [5, 5.41) is 10.3. The van der Waals surface area contributed by atoms with Gasteiger partial charge in [0, 0.05) is 18.0 Å². The molecule has 1 aromatic carbocycles. The maximum absolute atomic E-state index is 10.3. The molecule has 0 saturated heterocycles. The van der Waals surface area contributed by atoms with Crippen molar-refractivity contribution in [3.63, 3.8) is 0 Å². The Morgan fingerprint density at radius 1 is 1.28 bits per heavy atom. The van der Waals surface area contributed by atoms with Crippen molar-refractivity contribution in [1.29, 1.82) is 0 Å². The van der Waals surface area contributed by atoms with E-state index < -0.39 is 6.10 Å². The van der Waals surface area contributed by atoms with E-state index >= 15 is 0 Å². The molecule has 1 heterocycles. The average Bonchev–Trinajstić information content (AvgIpc) is 2.45. The van der Waals surface area contributed by atoms with Crippen molar-refractivity contribution < 1.29 is 9.84 Å². The maximum atomic E-state index is 10.3. The van der Waals surface area contributed by atoms with Crippen LogP contribution in [-0.2, 0) is 0 Å². The van der Waals surface area contributed by atoms with Gasteiger partial charge in [0.15, 0.2) is 0 Å². The van der Waals surface area contributed by atoms with E-state index in [1.54, 1.807) is 24.5 Å². The Balaban J connectivity index is 2.29. The third-order valence-corrected chi connectivity index (χ3v) is 2.58. The van der Waals surface area contributed by atoms with Gasteiger partial charge in [0.25, 0.3) is 0 Å². The summed E-state index contributed by atoms with van der Waals surface area (Å²) in [6.45, 7) is 4.01. The fraction of sp³-hybridized carbons (Fsp3) is 0.133. The molecular weight excluding hydrogens is 226 g/mol. The molecule has 0 radical (unpaired) electrons. The van der Waals surface area contributed by atoms with Crippen LogP contribution in [0.25, 0.3) is 0 Å². The fourth-order valence-electron chi connectivity index (χ4n) is 1.69. The van der Waals surface area contributed by atoms with Crippen LogP contribution < -0.4 is 4.74 Å². The molecule has 0 aliphatic heterocycles. The molecule has 0 saturated carbocycles. The Morgan fingerprint density at radius 3 is 2.78 bits per heavy atom. The van der Waals surface area contributed by atoms with Crippen molar-refractivity contribution in [3.05, 3.63) is 72.6 Å². The number of hydrogen-bond donors (Lipinski definition) is 1. The van der Waals surface area contributed by atoms with Crippen LogP contribution in [0.15, 0.2) is 61.4 Å². The second kappa shape index (κ2) is 5.98. The number of aromatic nitrogens is 1. The highest BCUT2D eigenvalue weighted by Gasteiger charge is 2.15. The van der Waals surface area contributed by atoms with Gasteiger partial charge in [-0.05, 0) is 11.6 Å². The van der Waals surface area contributed by atoms with E-state index in [0.717, 1.165) is 5.56 Å². The maximum Gasteiger partial charge on any atom is 0.129 e. The van der Waals surface area contributed by atoms with Crippen LogP contribution >= 0.6 is 0 Å². The molecule has 0 aliphatic carbocycles. The molecule has 0 bridgehead atoms. The number of aliphatic hydroxyl groups is 1. The largest absolute Gasteiger partial charge is 0.489 e. The van der Waals surface area contributed by atoms with E-state index in [1.165, 1.54) is 0 Å². The van der Waals surface area contributed by atoms with Crippen LogP contribution in [0.3, 0.4) is 0 Å². The zero-order valence-electron chi connectivity index (χ0n) is 9.99. The lowest BCUT2D eigenvalue weighted by molar-refractivity contribution is 0.212. The zero-order chi connectivity index (χ0) is 12.8. The van der Waals surface area contributed by atoms with Crippen LogP contribution in [0, 0.1) is 0 Å². The number of hydrogen-bond acceptors (Lipinski definition) is 3. The molecule has 0 spiro atoms. The first-order valence-corrected chi connectivity index (χ1v) is 5.73. The molecule has 1 aromatic heterocycles. The highest BCUT2D eigenvalue weighted by molar-refractivity contribution is 5.38. The van der Waals surface area contributed by atoms with Crippen molar-refractivity contribution >= 4 is 0 Å². The highest BCUT2D eigenvalue weighted by atomic mass is 16.5. The smallest absolute Gasteiger partial charge is 0.129 e. The third kappa shape index (κ3) is 2.76. The van der Waals surface area contributed by atoms with E-state index in [9.17, 15) is 5.11 Å². The van der Waals surface area contributed by atoms with E-state index in [4.69, 9.17) is 4.74 Å². The first kappa shape index (κ1) is 12.3. The number of benzene rings is 1. The van der Waals surface area contributed by atoms with Gasteiger partial charge in [-0.2, -0.15) is 0 Å². The Hall–Kier alpha value is -2.13. The molecule has 0 amide bonds. The van der Waals surface area contributed by atoms with Gasteiger partial charge in [-0.1, -0.05) is 43.0 Å². The van der Waals surface area contributed by atoms with Crippen LogP contribution in [0.4, 0.5) is 0 Å². The molecule has 0 fully saturated rings. The van der Waals surface area contributed by atoms with Gasteiger partial charge < -0.3 is 9.84 Å². The van der Waals surface area contributed by atoms with E-state index in [-0.39, 0.29) is 0 Å². The Kier molecular flexibility index (Phi) is 4.10. The van der Waals surface area contributed by atoms with Gasteiger partial charge >= 0.3 is 0 Å². The SMILES string of the molecule is C=CCOc1ccncc1C(O)c1ccccc1. The third-order valence-electron chi connectivity index (χ3n) is 2.58. The molecule has 3 nitrogen and oxygen atoms in total. The molecule has 1 N–H and O–H groups in total. The lowest BCUT2D eigenvalue weighted by atomic mass is 10.0. The quantitative estimate of drug-likeness (QED) is 0.818. The van der Waals surface area contributed by atoms with Crippen LogP contribution in [-0.4, -0.2) is 16.7 Å². The first-order chi connectivity index (χ1) is 8.83. The first-order valence-electron chi connectivity index (χ1n) is 5.73. The van der Waals surface area contributed by atoms with Gasteiger partial charge in [0.2, 0.25) is 0 Å². The summed E-state index contributed by atoms with van der Waals surface area (Å²) in [7, 11) is 0. The van der Waals surface area contributed by atoms with Crippen LogP contribution in [0.2, 0.25) is 0 Å². The molecule has 0 aliphatic rings. The summed E-state index contributed by atoms with van der Waals surface area (Å²) >= 11 is 0. The van der Waals surface area contributed by atoms with E-state index in [2.05, 4.69) is 11.6 Å². The molecule has 2 aromatic rings. The standard InChI is InChI=1S/C15H15NO2/c1-2-10-18-14-8-9-16-11-13(14)15(17)12-6-4-3-5-7-12/h2-9,11,15,17H,1,10H2. The lowest BCUT2D eigenvalue weighted by Gasteiger charge is -2.15. The summed E-state index contributed by atoms with van der Waals surface area (Å²) in [5.74, 6) is 0.626. The van der Waals surface area contributed by atoms with Crippen molar-refractivity contribution in [3.8, 4) is 5.75 Å². The molecular formula is C15H15NO2. The number of pyridine rings is 1. The van der Waals surface area contributed by atoms with Gasteiger partial charge in [0.1, 0.15) is 18.5 Å². The lowest BCUT2D eigenvalue weighted by Crippen LogP contribution is -2.04. The number of nitrogens with zero attached hydrogens (tertiary/aromatic N) is 1. The summed E-state index contributed by atoms with van der Waals surface area (Å²) in [6, 6.07) is 11.2. The Labute approximate surface area is 106 Å². The predicted molar refractivity (Wildman–Crippen MR) is 70.4 cm³/mol. The van der Waals surface area contributed by atoms with Gasteiger partial charge in [-0.15, -0.1) is 0 Å². The van der Waals surface area contributed by atoms with Crippen molar-refractivity contribution in [2.45, 2.75) is 6.10 Å². The van der Waals surface area contributed by atoms with Gasteiger partial charge in [0.05, 0.1) is 0 Å². The van der Waals surface area contributed by atoms with Crippen molar-refractivity contribution in [2.24, 2.45) is 0 Å². The van der Waals surface area contributed by atoms with E-state index in [1.807, 2.05) is 30.3 Å². The molecule has 3 heteroatoms. The molecule has 1 unspecified atom stereocenters. The zero-order valence-corrected chi connectivity index (χ0v) is 9.99. The normalized spacial score (nSPS) is 11.8. The topological polar surface area (TPSA) is 42.4 Å². The summed E-state index contributed by atoms with van der Waals surface area (Å²) < 4.78 is 5.51. The number of ether oxygens (including phenoxy) is 1. The van der Waals surface area contributed by atoms with Crippen molar-refractivity contribution in [1.82, 2.24) is 4.98 Å². The minimum atomic E-state index is -0.736. The minimum Gasteiger partial charge on any atom is -0.489 e. The van der Waals surface area contributed by atoms with Gasteiger partial charge in [-0.3, -0.25) is 4.98 Å². The Morgan fingerprint density at radius 2 is 2.06 bits per heavy atom. The molecule has 92 valence electrons. The summed E-state index contributed by atoms with van der Waals surface area (Å²) in [6.07, 6.45) is 4.19. The number of rotatable bonds is 5. The Bertz CT molecular complexity index is 511. The summed E-state index contributed by atoms with van der Waals surface area (Å²) in [5.41, 5.74) is 1.47. The van der Waals surface area contributed by atoms with E-state index in [0.29, 0.717) is 17.9 Å². The average molecular weight is 241 g/mol. The molecule has 1 atom stereocenters. The second-order valence-corrected chi connectivity index (χ2v) is 3.83. The monoisotopic (exact) mass is 241 g/mol. The number of aliphatic hydroxyl groups excluding tert-OH is 1. The molecule has 18 heavy (non-hydrogen) atoms. The second-order valence-electron chi connectivity index (χ2n) is 3.83. The molecule has 2 rings (SSSR count). The van der Waals surface area contributed by atoms with Gasteiger partial charge in [-0.25, -0.2) is 0 Å². The van der Waals surface area contributed by atoms with Crippen LogP contribution in [0.1, 0.15) is 17.2 Å². The summed E-state index contributed by atoms with van der Waals surface area (Å²) in [4.78, 5) is 4.03. The minimum absolute atomic E-state index is 0.401. The van der Waals surface area contributed by atoms with Crippen LogP contribution in [0.5, 0.6) is 5.75 Å². The highest BCUT2D eigenvalue weighted by Crippen LogP contribution is 2.28. The fourth-order valence-corrected chi connectivity index (χ4v) is 1.69. The van der Waals surface area contributed by atoms with Crippen molar-refractivity contribution in [2.75, 3.05) is 6.61 Å². The predicted octanol–water partition coefficient (Wildman–Crippen LogP) is 2.73.